The number of hydrogen-bond donors (Lipinski definition) is 2. The van der Waals surface area contributed by atoms with Crippen LogP contribution in [0.3, 0.4) is 0 Å². The van der Waals surface area contributed by atoms with Gasteiger partial charge in [0, 0.05) is 35.2 Å². The maximum absolute atomic E-state index is 12.1. The summed E-state index contributed by atoms with van der Waals surface area (Å²) in [6, 6.07) is 11.5. The highest BCUT2D eigenvalue weighted by molar-refractivity contribution is 7.98. The number of nitrogens with zero attached hydrogens (tertiary/aromatic N) is 1. The molecule has 24 heavy (non-hydrogen) atoms. The average Bonchev–Trinajstić information content (AvgIpc) is 2.58. The van der Waals surface area contributed by atoms with Crippen LogP contribution < -0.4 is 5.32 Å². The highest BCUT2D eigenvalue weighted by atomic mass is 32.2. The topological polar surface area (TPSA) is 62.2 Å². The number of thioether (sulfide) groups is 1. The van der Waals surface area contributed by atoms with E-state index in [1.165, 1.54) is 5.56 Å². The second-order valence-electron chi connectivity index (χ2n) is 6.77. The third kappa shape index (κ3) is 5.65. The highest BCUT2D eigenvalue weighted by Gasteiger charge is 2.22. The van der Waals surface area contributed by atoms with Crippen molar-refractivity contribution in [2.45, 2.75) is 37.5 Å². The first kappa shape index (κ1) is 18.5. The zero-order chi connectivity index (χ0) is 17.6. The van der Waals surface area contributed by atoms with E-state index < -0.39 is 6.10 Å². The first-order chi connectivity index (χ1) is 11.4. The third-order valence-corrected chi connectivity index (χ3v) is 4.78. The normalized spacial score (nSPS) is 12.7. The van der Waals surface area contributed by atoms with Crippen molar-refractivity contribution in [3.63, 3.8) is 0 Å². The Morgan fingerprint density at radius 3 is 2.54 bits per heavy atom. The molecule has 1 unspecified atom stereocenters. The monoisotopic (exact) mass is 344 g/mol. The lowest BCUT2D eigenvalue weighted by Gasteiger charge is -2.25. The third-order valence-electron chi connectivity index (χ3n) is 3.70. The minimum Gasteiger partial charge on any atom is -0.391 e. The van der Waals surface area contributed by atoms with Gasteiger partial charge in [0.1, 0.15) is 0 Å². The number of rotatable bonds is 6. The summed E-state index contributed by atoms with van der Waals surface area (Å²) < 4.78 is 0. The Bertz CT molecular complexity index is 651. The summed E-state index contributed by atoms with van der Waals surface area (Å²) in [4.78, 5) is 17.3. The van der Waals surface area contributed by atoms with E-state index in [9.17, 15) is 9.90 Å². The van der Waals surface area contributed by atoms with Crippen molar-refractivity contribution in [2.24, 2.45) is 5.41 Å². The van der Waals surface area contributed by atoms with Crippen molar-refractivity contribution in [2.75, 3.05) is 6.54 Å². The maximum atomic E-state index is 12.1. The molecule has 0 aliphatic carbocycles. The lowest BCUT2D eigenvalue weighted by atomic mass is 9.89. The summed E-state index contributed by atoms with van der Waals surface area (Å²) in [5.74, 6) is 0.680. The smallest absolute Gasteiger partial charge is 0.251 e. The SMILES string of the molecule is CC(C)(C)C(O)CNC(=O)c1ccc(SCc2cccnc2)cc1. The first-order valence-electron chi connectivity index (χ1n) is 7.94. The van der Waals surface area contributed by atoms with Crippen LogP contribution in [0.5, 0.6) is 0 Å². The molecule has 128 valence electrons. The first-order valence-corrected chi connectivity index (χ1v) is 8.93. The van der Waals surface area contributed by atoms with E-state index in [-0.39, 0.29) is 17.9 Å². The number of hydrogen-bond acceptors (Lipinski definition) is 4. The van der Waals surface area contributed by atoms with Crippen LogP contribution in [-0.2, 0) is 5.75 Å². The van der Waals surface area contributed by atoms with Gasteiger partial charge in [0.25, 0.3) is 5.91 Å². The molecule has 2 N–H and O–H groups in total. The molecule has 4 nitrogen and oxygen atoms in total. The minimum atomic E-state index is -0.573. The van der Waals surface area contributed by atoms with Gasteiger partial charge in [0.05, 0.1) is 6.10 Å². The molecule has 0 spiro atoms. The Hall–Kier alpha value is -1.85. The van der Waals surface area contributed by atoms with Gasteiger partial charge in [-0.2, -0.15) is 0 Å². The summed E-state index contributed by atoms with van der Waals surface area (Å²) >= 11 is 1.70. The number of aliphatic hydroxyl groups is 1. The van der Waals surface area contributed by atoms with Crippen molar-refractivity contribution in [3.8, 4) is 0 Å². The summed E-state index contributed by atoms with van der Waals surface area (Å²) in [6.45, 7) is 6.08. The van der Waals surface area contributed by atoms with Gasteiger partial charge >= 0.3 is 0 Å². The van der Waals surface area contributed by atoms with Crippen LogP contribution in [0.1, 0.15) is 36.7 Å². The largest absolute Gasteiger partial charge is 0.391 e. The molecule has 0 saturated carbocycles. The summed E-state index contributed by atoms with van der Waals surface area (Å²) in [5, 5.41) is 12.8. The van der Waals surface area contributed by atoms with Crippen molar-refractivity contribution in [1.82, 2.24) is 10.3 Å². The van der Waals surface area contributed by atoms with Crippen molar-refractivity contribution in [1.29, 1.82) is 0 Å². The second kappa shape index (κ2) is 8.31. The zero-order valence-electron chi connectivity index (χ0n) is 14.3. The van der Waals surface area contributed by atoms with Crippen molar-refractivity contribution >= 4 is 17.7 Å². The quantitative estimate of drug-likeness (QED) is 0.787. The average molecular weight is 344 g/mol. The van der Waals surface area contributed by atoms with Crippen LogP contribution in [0, 0.1) is 5.41 Å². The maximum Gasteiger partial charge on any atom is 0.251 e. The van der Waals surface area contributed by atoms with Gasteiger partial charge in [-0.15, -0.1) is 11.8 Å². The Labute approximate surface area is 147 Å². The molecule has 0 aliphatic heterocycles. The molecular formula is C19H24N2O2S. The van der Waals surface area contributed by atoms with E-state index in [1.54, 1.807) is 18.0 Å². The highest BCUT2D eigenvalue weighted by Crippen LogP contribution is 2.23. The van der Waals surface area contributed by atoms with Crippen molar-refractivity contribution < 1.29 is 9.90 Å². The molecular weight excluding hydrogens is 320 g/mol. The minimum absolute atomic E-state index is 0.165. The number of carbonyl (C=O) groups excluding carboxylic acids is 1. The fourth-order valence-corrected chi connectivity index (χ4v) is 2.78. The predicted molar refractivity (Wildman–Crippen MR) is 98.0 cm³/mol. The number of aromatic nitrogens is 1. The Morgan fingerprint density at radius 2 is 1.96 bits per heavy atom. The van der Waals surface area contributed by atoms with Crippen LogP contribution in [0.4, 0.5) is 0 Å². The fraction of sp³-hybridized carbons (Fsp3) is 0.368. The molecule has 0 radical (unpaired) electrons. The molecule has 2 aromatic rings. The predicted octanol–water partition coefficient (Wildman–Crippen LogP) is 3.51. The van der Waals surface area contributed by atoms with E-state index in [2.05, 4.69) is 10.3 Å². The van der Waals surface area contributed by atoms with Gasteiger partial charge in [0.15, 0.2) is 0 Å². The number of nitrogens with one attached hydrogen (secondary N) is 1. The van der Waals surface area contributed by atoms with Gasteiger partial charge < -0.3 is 10.4 Å². The number of aliphatic hydroxyl groups excluding tert-OH is 1. The Morgan fingerprint density at radius 1 is 1.25 bits per heavy atom. The van der Waals surface area contributed by atoms with E-state index >= 15 is 0 Å². The standard InChI is InChI=1S/C19H24N2O2S/c1-19(2,3)17(22)12-21-18(23)15-6-8-16(9-7-15)24-13-14-5-4-10-20-11-14/h4-11,17,22H,12-13H2,1-3H3,(H,21,23). The van der Waals surface area contributed by atoms with Gasteiger partial charge in [0.2, 0.25) is 0 Å². The number of pyridine rings is 1. The molecule has 0 saturated heterocycles. The van der Waals surface area contributed by atoms with Gasteiger partial charge in [-0.25, -0.2) is 0 Å². The molecule has 2 rings (SSSR count). The Kier molecular flexibility index (Phi) is 6.40. The molecule has 1 aromatic heterocycles. The second-order valence-corrected chi connectivity index (χ2v) is 7.81. The van der Waals surface area contributed by atoms with Gasteiger partial charge in [-0.1, -0.05) is 26.8 Å². The molecule has 0 bridgehead atoms. The van der Waals surface area contributed by atoms with Crippen molar-refractivity contribution in [3.05, 3.63) is 59.9 Å². The molecule has 1 heterocycles. The molecule has 0 fully saturated rings. The molecule has 1 atom stereocenters. The summed E-state index contributed by atoms with van der Waals surface area (Å²) in [7, 11) is 0. The van der Waals surface area contributed by atoms with Crippen LogP contribution in [0.2, 0.25) is 0 Å². The fourth-order valence-electron chi connectivity index (χ4n) is 1.95. The van der Waals surface area contributed by atoms with Crippen LogP contribution in [0.25, 0.3) is 0 Å². The van der Waals surface area contributed by atoms with Gasteiger partial charge in [-0.05, 0) is 41.3 Å². The molecule has 1 aromatic carbocycles. The number of benzene rings is 1. The van der Waals surface area contributed by atoms with E-state index in [0.717, 1.165) is 10.6 Å². The summed E-state index contributed by atoms with van der Waals surface area (Å²) in [5.41, 5.74) is 1.52. The lowest BCUT2D eigenvalue weighted by Crippen LogP contribution is -2.39. The van der Waals surface area contributed by atoms with Crippen LogP contribution in [0.15, 0.2) is 53.7 Å². The van der Waals surface area contributed by atoms with E-state index in [4.69, 9.17) is 0 Å². The lowest BCUT2D eigenvalue weighted by molar-refractivity contribution is 0.0587. The van der Waals surface area contributed by atoms with Crippen LogP contribution in [-0.4, -0.2) is 28.6 Å². The number of carbonyl (C=O) groups is 1. The number of amides is 1. The van der Waals surface area contributed by atoms with E-state index in [0.29, 0.717) is 5.56 Å². The zero-order valence-corrected chi connectivity index (χ0v) is 15.1. The molecule has 0 aliphatic rings. The molecule has 1 amide bonds. The van der Waals surface area contributed by atoms with E-state index in [1.807, 2.05) is 63.4 Å². The Balaban J connectivity index is 1.86. The molecule has 5 heteroatoms. The van der Waals surface area contributed by atoms with Gasteiger partial charge in [-0.3, -0.25) is 9.78 Å². The summed E-state index contributed by atoms with van der Waals surface area (Å²) in [6.07, 6.45) is 3.05. The van der Waals surface area contributed by atoms with Crippen LogP contribution >= 0.6 is 11.8 Å².